The molecule has 0 unspecified atom stereocenters. The number of carboxylic acid groups (broad SMARTS) is 1. The molecule has 14 heavy (non-hydrogen) atoms. The van der Waals surface area contributed by atoms with Gasteiger partial charge in [0.15, 0.2) is 0 Å². The molecule has 1 aromatic heterocycles. The molecule has 4 nitrogen and oxygen atoms in total. The van der Waals surface area contributed by atoms with Crippen LogP contribution in [0, 0.1) is 0 Å². The van der Waals surface area contributed by atoms with E-state index in [4.69, 9.17) is 5.11 Å². The molecule has 4 heteroatoms. The summed E-state index contributed by atoms with van der Waals surface area (Å²) in [5, 5.41) is 12.9. The highest BCUT2D eigenvalue weighted by atomic mass is 16.4. The largest absolute Gasteiger partial charge is 0.481 e. The van der Waals surface area contributed by atoms with Crippen molar-refractivity contribution in [2.45, 2.75) is 31.6 Å². The fraction of sp³-hybridized carbons (Fsp3) is 0.600. The van der Waals surface area contributed by atoms with Gasteiger partial charge in [-0.05, 0) is 24.3 Å². The van der Waals surface area contributed by atoms with Crippen molar-refractivity contribution in [1.29, 1.82) is 0 Å². The standard InChI is InChI=1S/C10H14N2O2/c1-12-6-8(7-2-3-7)9(11-12)4-5-10(13)14/h6-7H,2-5H2,1H3,(H,13,14). The van der Waals surface area contributed by atoms with Gasteiger partial charge in [-0.25, -0.2) is 0 Å². The smallest absolute Gasteiger partial charge is 0.303 e. The second-order valence-corrected chi connectivity index (χ2v) is 3.87. The Bertz CT molecular complexity index is 353. The van der Waals surface area contributed by atoms with Gasteiger partial charge in [-0.3, -0.25) is 9.48 Å². The van der Waals surface area contributed by atoms with Crippen LogP contribution in [0.15, 0.2) is 6.20 Å². The molecule has 0 radical (unpaired) electrons. The number of carboxylic acids is 1. The Balaban J connectivity index is 2.10. The average molecular weight is 194 g/mol. The number of hydrogen-bond donors (Lipinski definition) is 1. The van der Waals surface area contributed by atoms with Gasteiger partial charge in [-0.15, -0.1) is 0 Å². The number of aliphatic carboxylic acids is 1. The molecule has 1 heterocycles. The van der Waals surface area contributed by atoms with Gasteiger partial charge >= 0.3 is 5.97 Å². The van der Waals surface area contributed by atoms with Crippen molar-refractivity contribution in [3.63, 3.8) is 0 Å². The maximum Gasteiger partial charge on any atom is 0.303 e. The Labute approximate surface area is 82.5 Å². The van der Waals surface area contributed by atoms with Crippen molar-refractivity contribution in [3.8, 4) is 0 Å². The second-order valence-electron chi connectivity index (χ2n) is 3.87. The molecule has 1 fully saturated rings. The first-order chi connectivity index (χ1) is 6.66. The van der Waals surface area contributed by atoms with Gasteiger partial charge in [0.05, 0.1) is 12.1 Å². The summed E-state index contributed by atoms with van der Waals surface area (Å²) in [6.07, 6.45) is 5.21. The first-order valence-corrected chi connectivity index (χ1v) is 4.91. The van der Waals surface area contributed by atoms with Gasteiger partial charge < -0.3 is 5.11 Å². The summed E-state index contributed by atoms with van der Waals surface area (Å²) in [4.78, 5) is 10.4. The van der Waals surface area contributed by atoms with E-state index < -0.39 is 5.97 Å². The van der Waals surface area contributed by atoms with Crippen molar-refractivity contribution < 1.29 is 9.90 Å². The van der Waals surface area contributed by atoms with E-state index >= 15 is 0 Å². The minimum atomic E-state index is -0.752. The first-order valence-electron chi connectivity index (χ1n) is 4.91. The molecule has 0 aromatic carbocycles. The molecule has 76 valence electrons. The van der Waals surface area contributed by atoms with E-state index in [1.807, 2.05) is 13.2 Å². The maximum atomic E-state index is 10.4. The topological polar surface area (TPSA) is 55.1 Å². The van der Waals surface area contributed by atoms with Gasteiger partial charge in [0.2, 0.25) is 0 Å². The second kappa shape index (κ2) is 3.44. The number of nitrogens with zero attached hydrogens (tertiary/aromatic N) is 2. The number of rotatable bonds is 4. The fourth-order valence-electron chi connectivity index (χ4n) is 1.71. The molecule has 0 aliphatic heterocycles. The highest BCUT2D eigenvalue weighted by molar-refractivity contribution is 5.67. The Morgan fingerprint density at radius 2 is 2.43 bits per heavy atom. The Kier molecular flexibility index (Phi) is 2.27. The Morgan fingerprint density at radius 1 is 1.71 bits per heavy atom. The van der Waals surface area contributed by atoms with Crippen molar-refractivity contribution in [1.82, 2.24) is 9.78 Å². The number of aryl methyl sites for hydroxylation is 2. The number of carbonyl (C=O) groups is 1. The highest BCUT2D eigenvalue weighted by Crippen LogP contribution is 2.41. The fourth-order valence-corrected chi connectivity index (χ4v) is 1.71. The van der Waals surface area contributed by atoms with Crippen LogP contribution in [0.5, 0.6) is 0 Å². The number of aromatic nitrogens is 2. The summed E-state index contributed by atoms with van der Waals surface area (Å²) >= 11 is 0. The van der Waals surface area contributed by atoms with E-state index in [1.165, 1.54) is 18.4 Å². The highest BCUT2D eigenvalue weighted by Gasteiger charge is 2.27. The third-order valence-corrected chi connectivity index (χ3v) is 2.53. The minimum absolute atomic E-state index is 0.177. The van der Waals surface area contributed by atoms with E-state index in [0.717, 1.165) is 5.69 Å². The van der Waals surface area contributed by atoms with Gasteiger partial charge in [0, 0.05) is 19.7 Å². The molecule has 0 atom stereocenters. The summed E-state index contributed by atoms with van der Waals surface area (Å²) in [5.41, 5.74) is 2.23. The molecule has 1 aromatic rings. The van der Waals surface area contributed by atoms with Crippen LogP contribution in [0.2, 0.25) is 0 Å². The summed E-state index contributed by atoms with van der Waals surface area (Å²) in [6.45, 7) is 0. The third kappa shape index (κ3) is 1.95. The summed E-state index contributed by atoms with van der Waals surface area (Å²) in [7, 11) is 1.89. The number of hydrogen-bond acceptors (Lipinski definition) is 2. The van der Waals surface area contributed by atoms with Gasteiger partial charge in [-0.2, -0.15) is 5.10 Å². The first kappa shape index (κ1) is 9.24. The lowest BCUT2D eigenvalue weighted by atomic mass is 10.1. The normalized spacial score (nSPS) is 15.8. The van der Waals surface area contributed by atoms with Crippen molar-refractivity contribution in [2.75, 3.05) is 0 Å². The molecule has 1 aliphatic carbocycles. The van der Waals surface area contributed by atoms with Crippen LogP contribution < -0.4 is 0 Å². The predicted octanol–water partition coefficient (Wildman–Crippen LogP) is 1.31. The SMILES string of the molecule is Cn1cc(C2CC2)c(CCC(=O)O)n1. The van der Waals surface area contributed by atoms with Crippen LogP contribution in [0.3, 0.4) is 0 Å². The molecule has 0 amide bonds. The molecule has 1 saturated carbocycles. The van der Waals surface area contributed by atoms with Crippen LogP contribution >= 0.6 is 0 Å². The van der Waals surface area contributed by atoms with Gasteiger partial charge in [0.25, 0.3) is 0 Å². The van der Waals surface area contributed by atoms with E-state index in [1.54, 1.807) is 4.68 Å². The van der Waals surface area contributed by atoms with Crippen LogP contribution in [-0.2, 0) is 18.3 Å². The van der Waals surface area contributed by atoms with Crippen LogP contribution in [0.4, 0.5) is 0 Å². The molecule has 0 spiro atoms. The van der Waals surface area contributed by atoms with E-state index in [2.05, 4.69) is 5.10 Å². The van der Waals surface area contributed by atoms with E-state index in [9.17, 15) is 4.79 Å². The maximum absolute atomic E-state index is 10.4. The average Bonchev–Trinajstić information content (AvgIpc) is 2.87. The predicted molar refractivity (Wildman–Crippen MR) is 51.1 cm³/mol. The molecule has 1 N–H and O–H groups in total. The third-order valence-electron chi connectivity index (χ3n) is 2.53. The molecule has 0 saturated heterocycles. The quantitative estimate of drug-likeness (QED) is 0.786. The molecule has 2 rings (SSSR count). The molecular weight excluding hydrogens is 180 g/mol. The zero-order valence-corrected chi connectivity index (χ0v) is 8.23. The van der Waals surface area contributed by atoms with Crippen LogP contribution in [-0.4, -0.2) is 20.9 Å². The summed E-state index contributed by atoms with van der Waals surface area (Å²) in [6, 6.07) is 0. The zero-order chi connectivity index (χ0) is 10.1. The lowest BCUT2D eigenvalue weighted by molar-refractivity contribution is -0.136. The Morgan fingerprint density at radius 3 is 3.00 bits per heavy atom. The van der Waals surface area contributed by atoms with Gasteiger partial charge in [-0.1, -0.05) is 0 Å². The van der Waals surface area contributed by atoms with E-state index in [0.29, 0.717) is 12.3 Å². The summed E-state index contributed by atoms with van der Waals surface area (Å²) in [5.74, 6) is -0.107. The van der Waals surface area contributed by atoms with E-state index in [-0.39, 0.29) is 6.42 Å². The lowest BCUT2D eigenvalue weighted by Gasteiger charge is -1.96. The van der Waals surface area contributed by atoms with Crippen molar-refractivity contribution in [2.24, 2.45) is 7.05 Å². The van der Waals surface area contributed by atoms with Crippen LogP contribution in [0.25, 0.3) is 0 Å². The monoisotopic (exact) mass is 194 g/mol. The van der Waals surface area contributed by atoms with Crippen molar-refractivity contribution in [3.05, 3.63) is 17.5 Å². The zero-order valence-electron chi connectivity index (χ0n) is 8.23. The molecule has 1 aliphatic rings. The Hall–Kier alpha value is -1.32. The van der Waals surface area contributed by atoms with Gasteiger partial charge in [0.1, 0.15) is 0 Å². The van der Waals surface area contributed by atoms with Crippen LogP contribution in [0.1, 0.15) is 36.4 Å². The molecule has 0 bridgehead atoms. The van der Waals surface area contributed by atoms with Crippen molar-refractivity contribution >= 4 is 5.97 Å². The minimum Gasteiger partial charge on any atom is -0.481 e. The molecular formula is C10H14N2O2. The lowest BCUT2D eigenvalue weighted by Crippen LogP contribution is -2.00. The summed E-state index contributed by atoms with van der Waals surface area (Å²) < 4.78 is 1.78.